The lowest BCUT2D eigenvalue weighted by molar-refractivity contribution is 0.282. The molecule has 3 aromatic rings. The van der Waals surface area contributed by atoms with Crippen molar-refractivity contribution in [2.75, 3.05) is 7.11 Å². The van der Waals surface area contributed by atoms with Gasteiger partial charge in [-0.15, -0.1) is 0 Å². The van der Waals surface area contributed by atoms with Crippen LogP contribution in [0, 0.1) is 10.5 Å². The number of hydrogen-bond acceptors (Lipinski definition) is 3. The van der Waals surface area contributed by atoms with Crippen molar-refractivity contribution in [2.45, 2.75) is 13.5 Å². The van der Waals surface area contributed by atoms with Crippen molar-refractivity contribution in [2.24, 2.45) is 4.99 Å². The number of para-hydroxylation sites is 1. The number of rotatable bonds is 6. The molecular formula is C22H19ClINO2. The molecule has 0 aliphatic heterocycles. The Bertz CT molecular complexity index is 972. The van der Waals surface area contributed by atoms with E-state index in [1.54, 1.807) is 7.11 Å². The van der Waals surface area contributed by atoms with Gasteiger partial charge in [0.15, 0.2) is 11.5 Å². The summed E-state index contributed by atoms with van der Waals surface area (Å²) in [6, 6.07) is 19.6. The summed E-state index contributed by atoms with van der Waals surface area (Å²) < 4.78 is 12.5. The molecule has 0 bridgehead atoms. The standard InChI is InChI=1S/C22H19ClINO2/c1-15-6-3-4-9-20(15)25-13-17-11-19(24)22(21(12-17)26-2)27-14-16-7-5-8-18(23)10-16/h3-13H,14H2,1-2H3. The molecule has 27 heavy (non-hydrogen) atoms. The monoisotopic (exact) mass is 491 g/mol. The molecule has 0 N–H and O–H groups in total. The van der Waals surface area contributed by atoms with Gasteiger partial charge >= 0.3 is 0 Å². The maximum atomic E-state index is 6.04. The van der Waals surface area contributed by atoms with Crippen LogP contribution in [0.5, 0.6) is 11.5 Å². The van der Waals surface area contributed by atoms with Gasteiger partial charge in [0.1, 0.15) is 6.61 Å². The van der Waals surface area contributed by atoms with Crippen LogP contribution in [0.25, 0.3) is 0 Å². The van der Waals surface area contributed by atoms with Crippen molar-refractivity contribution in [3.63, 3.8) is 0 Å². The van der Waals surface area contributed by atoms with Crippen molar-refractivity contribution in [1.82, 2.24) is 0 Å². The van der Waals surface area contributed by atoms with Crippen LogP contribution in [0.3, 0.4) is 0 Å². The minimum Gasteiger partial charge on any atom is -0.493 e. The van der Waals surface area contributed by atoms with Crippen LogP contribution in [0.4, 0.5) is 5.69 Å². The maximum absolute atomic E-state index is 6.04. The Morgan fingerprint density at radius 2 is 1.89 bits per heavy atom. The van der Waals surface area contributed by atoms with E-state index in [4.69, 9.17) is 21.1 Å². The number of hydrogen-bond donors (Lipinski definition) is 0. The third-order valence-electron chi connectivity index (χ3n) is 3.99. The van der Waals surface area contributed by atoms with E-state index >= 15 is 0 Å². The Kier molecular flexibility index (Phi) is 6.74. The second-order valence-corrected chi connectivity index (χ2v) is 7.60. The summed E-state index contributed by atoms with van der Waals surface area (Å²) in [6.45, 7) is 2.47. The number of nitrogens with zero attached hydrogens (tertiary/aromatic N) is 1. The molecule has 0 atom stereocenters. The Balaban J connectivity index is 1.81. The third-order valence-corrected chi connectivity index (χ3v) is 5.03. The molecule has 3 rings (SSSR count). The smallest absolute Gasteiger partial charge is 0.174 e. The molecule has 0 aliphatic carbocycles. The molecule has 5 heteroatoms. The third kappa shape index (κ3) is 5.23. The minimum atomic E-state index is 0.420. The minimum absolute atomic E-state index is 0.420. The van der Waals surface area contributed by atoms with Crippen LogP contribution in [0.1, 0.15) is 16.7 Å². The van der Waals surface area contributed by atoms with Gasteiger partial charge in [0.05, 0.1) is 16.4 Å². The largest absolute Gasteiger partial charge is 0.493 e. The molecule has 0 aliphatic rings. The topological polar surface area (TPSA) is 30.8 Å². The van der Waals surface area contributed by atoms with Gasteiger partial charge in [-0.3, -0.25) is 4.99 Å². The number of ether oxygens (including phenoxy) is 2. The lowest BCUT2D eigenvalue weighted by Gasteiger charge is -2.14. The summed E-state index contributed by atoms with van der Waals surface area (Å²) in [5.74, 6) is 1.39. The molecule has 0 heterocycles. The first-order chi connectivity index (χ1) is 13.1. The van der Waals surface area contributed by atoms with Gasteiger partial charge in [-0.25, -0.2) is 0 Å². The van der Waals surface area contributed by atoms with E-state index < -0.39 is 0 Å². The van der Waals surface area contributed by atoms with Crippen molar-refractivity contribution < 1.29 is 9.47 Å². The van der Waals surface area contributed by atoms with E-state index in [0.717, 1.165) is 25.9 Å². The molecule has 0 amide bonds. The first kappa shape index (κ1) is 19.7. The summed E-state index contributed by atoms with van der Waals surface area (Å²) >= 11 is 8.29. The Morgan fingerprint density at radius 3 is 2.63 bits per heavy atom. The molecule has 138 valence electrons. The summed E-state index contributed by atoms with van der Waals surface area (Å²) in [7, 11) is 1.64. The van der Waals surface area contributed by atoms with Gasteiger partial charge < -0.3 is 9.47 Å². The van der Waals surface area contributed by atoms with Crippen molar-refractivity contribution in [3.8, 4) is 11.5 Å². The highest BCUT2D eigenvalue weighted by Crippen LogP contribution is 2.34. The fourth-order valence-corrected chi connectivity index (χ4v) is 3.58. The van der Waals surface area contributed by atoms with Gasteiger partial charge in [-0.05, 0) is 76.5 Å². The van der Waals surface area contributed by atoms with E-state index in [-0.39, 0.29) is 0 Å². The van der Waals surface area contributed by atoms with Gasteiger partial charge in [-0.1, -0.05) is 41.9 Å². The first-order valence-electron chi connectivity index (χ1n) is 8.41. The summed E-state index contributed by atoms with van der Waals surface area (Å²) in [6.07, 6.45) is 1.84. The predicted octanol–water partition coefficient (Wildman–Crippen LogP) is 6.59. The fraction of sp³-hybridized carbons (Fsp3) is 0.136. The Hall–Kier alpha value is -2.05. The van der Waals surface area contributed by atoms with Gasteiger partial charge in [0, 0.05) is 11.2 Å². The molecule has 0 radical (unpaired) electrons. The van der Waals surface area contributed by atoms with Crippen molar-refractivity contribution >= 4 is 46.1 Å². The highest BCUT2D eigenvalue weighted by atomic mass is 127. The number of halogens is 2. The van der Waals surface area contributed by atoms with Crippen LogP contribution in [-0.4, -0.2) is 13.3 Å². The zero-order chi connectivity index (χ0) is 19.2. The Morgan fingerprint density at radius 1 is 1.07 bits per heavy atom. The zero-order valence-electron chi connectivity index (χ0n) is 15.1. The molecule has 0 unspecified atom stereocenters. The van der Waals surface area contributed by atoms with Gasteiger partial charge in [0.2, 0.25) is 0 Å². The van der Waals surface area contributed by atoms with E-state index in [1.807, 2.05) is 73.8 Å². The molecule has 0 saturated carbocycles. The fourth-order valence-electron chi connectivity index (χ4n) is 2.59. The molecular weight excluding hydrogens is 473 g/mol. The molecule has 0 fully saturated rings. The maximum Gasteiger partial charge on any atom is 0.174 e. The van der Waals surface area contributed by atoms with Gasteiger partial charge in [0.25, 0.3) is 0 Å². The average Bonchev–Trinajstić information content (AvgIpc) is 2.66. The number of aryl methyl sites for hydroxylation is 1. The van der Waals surface area contributed by atoms with E-state index in [1.165, 1.54) is 0 Å². The lowest BCUT2D eigenvalue weighted by atomic mass is 10.2. The highest BCUT2D eigenvalue weighted by molar-refractivity contribution is 14.1. The molecule has 0 saturated heterocycles. The quantitative estimate of drug-likeness (QED) is 0.288. The molecule has 0 spiro atoms. The van der Waals surface area contributed by atoms with Crippen LogP contribution in [0.2, 0.25) is 5.02 Å². The van der Waals surface area contributed by atoms with E-state index in [2.05, 4.69) is 27.6 Å². The van der Waals surface area contributed by atoms with Crippen molar-refractivity contribution in [3.05, 3.63) is 85.9 Å². The van der Waals surface area contributed by atoms with Crippen LogP contribution in [-0.2, 0) is 6.61 Å². The predicted molar refractivity (Wildman–Crippen MR) is 120 cm³/mol. The average molecular weight is 492 g/mol. The van der Waals surface area contributed by atoms with E-state index in [9.17, 15) is 0 Å². The SMILES string of the molecule is COc1cc(C=Nc2ccccc2C)cc(I)c1OCc1cccc(Cl)c1. The van der Waals surface area contributed by atoms with Crippen molar-refractivity contribution in [1.29, 1.82) is 0 Å². The Labute approximate surface area is 178 Å². The van der Waals surface area contributed by atoms with Crippen LogP contribution in [0.15, 0.2) is 65.7 Å². The number of benzene rings is 3. The second kappa shape index (κ2) is 9.24. The molecule has 3 aromatic carbocycles. The lowest BCUT2D eigenvalue weighted by Crippen LogP contribution is -2.00. The summed E-state index contributed by atoms with van der Waals surface area (Å²) in [5.41, 5.74) is 4.05. The first-order valence-corrected chi connectivity index (χ1v) is 9.87. The second-order valence-electron chi connectivity index (χ2n) is 6.00. The van der Waals surface area contributed by atoms with Gasteiger partial charge in [-0.2, -0.15) is 0 Å². The summed E-state index contributed by atoms with van der Waals surface area (Å²) in [4.78, 5) is 4.59. The molecule has 3 nitrogen and oxygen atoms in total. The zero-order valence-corrected chi connectivity index (χ0v) is 18.0. The van der Waals surface area contributed by atoms with E-state index in [0.29, 0.717) is 23.1 Å². The normalized spacial score (nSPS) is 11.0. The number of methoxy groups -OCH3 is 1. The number of aliphatic imine (C=N–C) groups is 1. The highest BCUT2D eigenvalue weighted by Gasteiger charge is 2.11. The van der Waals surface area contributed by atoms with Crippen LogP contribution < -0.4 is 9.47 Å². The summed E-state index contributed by atoms with van der Waals surface area (Å²) in [5, 5.41) is 0.695. The molecule has 0 aromatic heterocycles. The van der Waals surface area contributed by atoms with Crippen LogP contribution >= 0.6 is 34.2 Å².